The molecule has 0 amide bonds. The average molecular weight is 346 g/mol. The van der Waals surface area contributed by atoms with E-state index in [0.29, 0.717) is 12.3 Å². The first kappa shape index (κ1) is 22.5. The topological polar surface area (TPSA) is 26.3 Å². The van der Waals surface area contributed by atoms with Gasteiger partial charge in [0.15, 0.2) is 6.10 Å². The summed E-state index contributed by atoms with van der Waals surface area (Å²) in [6.07, 6.45) is -4.86. The normalized spacial score (nSPS) is 14.2. The van der Waals surface area contributed by atoms with Crippen LogP contribution in [0, 0.1) is 5.41 Å². The smallest absolute Gasteiger partial charge is 0.425 e. The first-order valence-corrected chi connectivity index (χ1v) is 8.28. The molecule has 0 saturated carbocycles. The van der Waals surface area contributed by atoms with E-state index < -0.39 is 23.7 Å². The second-order valence-electron chi connectivity index (χ2n) is 6.55. The van der Waals surface area contributed by atoms with E-state index in [4.69, 9.17) is 0 Å². The van der Waals surface area contributed by atoms with Crippen molar-refractivity contribution in [2.24, 2.45) is 5.41 Å². The van der Waals surface area contributed by atoms with Gasteiger partial charge in [0, 0.05) is 0 Å². The van der Waals surface area contributed by atoms with E-state index in [0.717, 1.165) is 6.92 Å². The number of hydrogen-bond acceptors (Lipinski definition) is 2. The Labute approximate surface area is 143 Å². The Kier molecular flexibility index (Phi) is 9.08. The summed E-state index contributed by atoms with van der Waals surface area (Å²) >= 11 is 0. The third-order valence-electron chi connectivity index (χ3n) is 4.16. The molecule has 1 aromatic rings. The average Bonchev–Trinajstić information content (AvgIpc) is 2.54. The molecule has 24 heavy (non-hydrogen) atoms. The van der Waals surface area contributed by atoms with Crippen LogP contribution in [0.15, 0.2) is 30.3 Å². The molecule has 0 saturated heterocycles. The van der Waals surface area contributed by atoms with Gasteiger partial charge in [0.2, 0.25) is 0 Å². The summed E-state index contributed by atoms with van der Waals surface area (Å²) in [6, 6.07) is 10.6. The number of hydrogen-bond donors (Lipinski definition) is 0. The molecule has 1 rings (SSSR count). The van der Waals surface area contributed by atoms with Crippen LogP contribution in [-0.4, -0.2) is 18.2 Å². The van der Waals surface area contributed by atoms with Crippen molar-refractivity contribution in [3.05, 3.63) is 35.9 Å². The number of carbonyl (C=O) groups excluding carboxylic acids is 1. The fourth-order valence-electron chi connectivity index (χ4n) is 1.55. The third kappa shape index (κ3) is 7.84. The minimum atomic E-state index is -4.49. The minimum absolute atomic E-state index is 0.441. The fourth-order valence-corrected chi connectivity index (χ4v) is 1.55. The van der Waals surface area contributed by atoms with Gasteiger partial charge >= 0.3 is 12.1 Å². The van der Waals surface area contributed by atoms with Gasteiger partial charge in [0.25, 0.3) is 0 Å². The number of alkyl halides is 3. The second-order valence-corrected chi connectivity index (χ2v) is 6.55. The fraction of sp³-hybridized carbons (Fsp3) is 0.632. The van der Waals surface area contributed by atoms with E-state index in [1.807, 2.05) is 0 Å². The number of carbonyl (C=O) groups is 1. The van der Waals surface area contributed by atoms with Gasteiger partial charge in [-0.05, 0) is 45.1 Å². The molecule has 0 aliphatic carbocycles. The summed E-state index contributed by atoms with van der Waals surface area (Å²) in [7, 11) is 0. The molecule has 0 bridgehead atoms. The van der Waals surface area contributed by atoms with Crippen molar-refractivity contribution in [3.8, 4) is 0 Å². The summed E-state index contributed by atoms with van der Waals surface area (Å²) in [5.74, 6) is -0.106. The zero-order chi connectivity index (χ0) is 19.0. The maximum atomic E-state index is 12.0. The molecule has 1 aromatic carbocycles. The van der Waals surface area contributed by atoms with Crippen molar-refractivity contribution in [3.63, 3.8) is 0 Å². The van der Waals surface area contributed by atoms with Gasteiger partial charge in [0.05, 0.1) is 5.41 Å². The number of ether oxygens (including phenoxy) is 1. The van der Waals surface area contributed by atoms with Crippen LogP contribution < -0.4 is 0 Å². The highest BCUT2D eigenvalue weighted by Gasteiger charge is 2.41. The minimum Gasteiger partial charge on any atom is -0.453 e. The lowest BCUT2D eigenvalue weighted by molar-refractivity contribution is -0.221. The first-order chi connectivity index (χ1) is 11.0. The monoisotopic (exact) mass is 346 g/mol. The van der Waals surface area contributed by atoms with Crippen LogP contribution in [0.4, 0.5) is 13.2 Å². The highest BCUT2D eigenvalue weighted by Crippen LogP contribution is 2.27. The second kappa shape index (κ2) is 9.70. The van der Waals surface area contributed by atoms with Crippen LogP contribution in [0.5, 0.6) is 0 Å². The van der Waals surface area contributed by atoms with Gasteiger partial charge in [0.1, 0.15) is 0 Å². The Balaban J connectivity index is 0.000000463. The van der Waals surface area contributed by atoms with Crippen molar-refractivity contribution in [2.45, 2.75) is 72.6 Å². The van der Waals surface area contributed by atoms with Crippen LogP contribution >= 0.6 is 0 Å². The lowest BCUT2D eigenvalue weighted by Crippen LogP contribution is -2.36. The highest BCUT2D eigenvalue weighted by molar-refractivity contribution is 5.76. The summed E-state index contributed by atoms with van der Waals surface area (Å²) in [6.45, 7) is 10.1. The van der Waals surface area contributed by atoms with Gasteiger partial charge < -0.3 is 4.74 Å². The van der Waals surface area contributed by atoms with E-state index in [-0.39, 0.29) is 0 Å². The lowest BCUT2D eigenvalue weighted by atomic mass is 9.90. The summed E-state index contributed by atoms with van der Waals surface area (Å²) in [5, 5.41) is 0. The molecule has 2 atom stereocenters. The van der Waals surface area contributed by atoms with Gasteiger partial charge in [-0.3, -0.25) is 4.79 Å². The quantitative estimate of drug-likeness (QED) is 0.601. The molecule has 5 heteroatoms. The Hall–Kier alpha value is -1.52. The SMILES string of the molecule is CCC(C)(C)C(=O)OC(C)C(F)(F)F.CCC(C)c1ccccc1. The van der Waals surface area contributed by atoms with Crippen molar-refractivity contribution >= 4 is 5.97 Å². The van der Waals surface area contributed by atoms with E-state index in [1.54, 1.807) is 20.8 Å². The Morgan fingerprint density at radius 3 is 1.96 bits per heavy atom. The standard InChI is InChI=1S/C10H14.C9H15F3O2/c1-3-9(2)10-7-5-4-6-8-10;1-5-8(3,4)7(13)14-6(2)9(10,11)12/h4-9H,3H2,1-2H3;6H,5H2,1-4H3. The number of rotatable bonds is 5. The molecule has 0 fully saturated rings. The largest absolute Gasteiger partial charge is 0.453 e. The highest BCUT2D eigenvalue weighted by atomic mass is 19.4. The predicted octanol–water partition coefficient (Wildman–Crippen LogP) is 6.12. The van der Waals surface area contributed by atoms with E-state index in [2.05, 4.69) is 48.9 Å². The number of benzene rings is 1. The maximum absolute atomic E-state index is 12.0. The Morgan fingerprint density at radius 1 is 1.08 bits per heavy atom. The molecular formula is C19H29F3O2. The van der Waals surface area contributed by atoms with Crippen molar-refractivity contribution in [1.82, 2.24) is 0 Å². The molecule has 0 heterocycles. The van der Waals surface area contributed by atoms with Crippen LogP contribution in [0.1, 0.15) is 65.9 Å². The number of halogens is 3. The van der Waals surface area contributed by atoms with E-state index in [9.17, 15) is 18.0 Å². The zero-order valence-electron chi connectivity index (χ0n) is 15.4. The first-order valence-electron chi connectivity index (χ1n) is 8.28. The van der Waals surface area contributed by atoms with Gasteiger partial charge in [-0.15, -0.1) is 0 Å². The van der Waals surface area contributed by atoms with E-state index in [1.165, 1.54) is 12.0 Å². The molecule has 0 N–H and O–H groups in total. The molecule has 2 nitrogen and oxygen atoms in total. The maximum Gasteiger partial charge on any atom is 0.425 e. The molecule has 0 spiro atoms. The lowest BCUT2D eigenvalue weighted by Gasteiger charge is -2.24. The molecule has 0 aliphatic rings. The molecule has 2 unspecified atom stereocenters. The summed E-state index contributed by atoms with van der Waals surface area (Å²) < 4.78 is 40.4. The molecule has 0 aliphatic heterocycles. The van der Waals surface area contributed by atoms with E-state index >= 15 is 0 Å². The molecular weight excluding hydrogens is 317 g/mol. The summed E-state index contributed by atoms with van der Waals surface area (Å²) in [4.78, 5) is 11.2. The van der Waals surface area contributed by atoms with Crippen molar-refractivity contribution < 1.29 is 22.7 Å². The van der Waals surface area contributed by atoms with Crippen molar-refractivity contribution in [1.29, 1.82) is 0 Å². The Bertz CT molecular complexity index is 481. The van der Waals surface area contributed by atoms with Gasteiger partial charge in [-0.25, -0.2) is 0 Å². The van der Waals surface area contributed by atoms with Crippen molar-refractivity contribution in [2.75, 3.05) is 0 Å². The zero-order valence-corrected chi connectivity index (χ0v) is 15.4. The third-order valence-corrected chi connectivity index (χ3v) is 4.16. The molecule has 0 aromatic heterocycles. The molecule has 0 radical (unpaired) electrons. The summed E-state index contributed by atoms with van der Waals surface area (Å²) in [5.41, 5.74) is 0.587. The van der Waals surface area contributed by atoms with Crippen LogP contribution in [0.25, 0.3) is 0 Å². The van der Waals surface area contributed by atoms with Gasteiger partial charge in [-0.2, -0.15) is 13.2 Å². The Morgan fingerprint density at radius 2 is 1.58 bits per heavy atom. The predicted molar refractivity (Wildman–Crippen MR) is 90.8 cm³/mol. The van der Waals surface area contributed by atoms with Crippen LogP contribution in [-0.2, 0) is 9.53 Å². The van der Waals surface area contributed by atoms with Crippen LogP contribution in [0.2, 0.25) is 0 Å². The van der Waals surface area contributed by atoms with Crippen LogP contribution in [0.3, 0.4) is 0 Å². The number of esters is 1. The molecule has 138 valence electrons. The van der Waals surface area contributed by atoms with Gasteiger partial charge in [-0.1, -0.05) is 51.1 Å².